The van der Waals surface area contributed by atoms with Gasteiger partial charge in [-0.15, -0.1) is 0 Å². The molecule has 0 aliphatic heterocycles. The van der Waals surface area contributed by atoms with Gasteiger partial charge in [0.2, 0.25) is 0 Å². The van der Waals surface area contributed by atoms with E-state index in [0.717, 1.165) is 16.9 Å². The minimum Gasteiger partial charge on any atom is -0.492 e. The lowest BCUT2D eigenvalue weighted by atomic mass is 10.1. The highest BCUT2D eigenvalue weighted by Gasteiger charge is 2.12. The average Bonchev–Trinajstić information content (AvgIpc) is 2.78. The second-order valence-electron chi connectivity index (χ2n) is 6.62. The van der Waals surface area contributed by atoms with Crippen LogP contribution in [0, 0.1) is 0 Å². The SMILES string of the molecule is CNC(=O)N(CCOc1ccc(C=Cc2ccccc2)cc1)Cc1ccccc1. The van der Waals surface area contributed by atoms with Crippen LogP contribution in [0.5, 0.6) is 5.75 Å². The first-order chi connectivity index (χ1) is 14.2. The number of hydrogen-bond acceptors (Lipinski definition) is 2. The summed E-state index contributed by atoms with van der Waals surface area (Å²) in [6, 6.07) is 28.0. The quantitative estimate of drug-likeness (QED) is 0.549. The smallest absolute Gasteiger partial charge is 0.317 e. The molecule has 0 spiro atoms. The minimum absolute atomic E-state index is 0.112. The van der Waals surface area contributed by atoms with Crippen molar-refractivity contribution in [3.8, 4) is 5.75 Å². The van der Waals surface area contributed by atoms with Gasteiger partial charge >= 0.3 is 6.03 Å². The van der Waals surface area contributed by atoms with Crippen LogP contribution in [-0.2, 0) is 6.54 Å². The molecule has 4 heteroatoms. The molecule has 3 aromatic carbocycles. The Morgan fingerprint density at radius 3 is 2.07 bits per heavy atom. The standard InChI is InChI=1S/C25H26N2O2/c1-26-25(28)27(20-23-10-6-3-7-11-23)18-19-29-24-16-14-22(15-17-24)13-12-21-8-4-2-5-9-21/h2-17H,18-20H2,1H3,(H,26,28). The number of hydrogen-bond donors (Lipinski definition) is 1. The van der Waals surface area contributed by atoms with Gasteiger partial charge in [0.25, 0.3) is 0 Å². The summed E-state index contributed by atoms with van der Waals surface area (Å²) in [5.41, 5.74) is 3.36. The van der Waals surface area contributed by atoms with E-state index in [2.05, 4.69) is 29.6 Å². The molecule has 0 aliphatic carbocycles. The van der Waals surface area contributed by atoms with Crippen LogP contribution >= 0.6 is 0 Å². The molecule has 0 saturated heterocycles. The first-order valence-electron chi connectivity index (χ1n) is 9.71. The van der Waals surface area contributed by atoms with Gasteiger partial charge in [-0.05, 0) is 28.8 Å². The third kappa shape index (κ3) is 6.54. The van der Waals surface area contributed by atoms with Gasteiger partial charge in [0.05, 0.1) is 6.54 Å². The van der Waals surface area contributed by atoms with Crippen LogP contribution in [0.2, 0.25) is 0 Å². The van der Waals surface area contributed by atoms with Gasteiger partial charge in [0, 0.05) is 13.6 Å². The molecule has 0 saturated carbocycles. The van der Waals surface area contributed by atoms with Crippen molar-refractivity contribution in [2.24, 2.45) is 0 Å². The van der Waals surface area contributed by atoms with Crippen LogP contribution in [0.15, 0.2) is 84.9 Å². The predicted molar refractivity (Wildman–Crippen MR) is 119 cm³/mol. The van der Waals surface area contributed by atoms with Crippen LogP contribution in [0.25, 0.3) is 12.2 Å². The molecule has 0 aromatic heterocycles. The Morgan fingerprint density at radius 1 is 0.862 bits per heavy atom. The van der Waals surface area contributed by atoms with Crippen molar-refractivity contribution in [3.63, 3.8) is 0 Å². The Balaban J connectivity index is 1.51. The van der Waals surface area contributed by atoms with Crippen molar-refractivity contribution in [1.29, 1.82) is 0 Å². The van der Waals surface area contributed by atoms with E-state index < -0.39 is 0 Å². The molecule has 2 amide bonds. The van der Waals surface area contributed by atoms with Crippen molar-refractivity contribution >= 4 is 18.2 Å². The molecule has 4 nitrogen and oxygen atoms in total. The Labute approximate surface area is 172 Å². The number of urea groups is 1. The highest BCUT2D eigenvalue weighted by Crippen LogP contribution is 2.15. The maximum atomic E-state index is 12.1. The third-order valence-corrected chi connectivity index (χ3v) is 4.50. The molecule has 0 radical (unpaired) electrons. The Kier molecular flexibility index (Phi) is 7.47. The van der Waals surface area contributed by atoms with Crippen LogP contribution < -0.4 is 10.1 Å². The fourth-order valence-corrected chi connectivity index (χ4v) is 2.92. The monoisotopic (exact) mass is 386 g/mol. The van der Waals surface area contributed by atoms with E-state index in [9.17, 15) is 4.79 Å². The van der Waals surface area contributed by atoms with Crippen LogP contribution in [0.4, 0.5) is 4.79 Å². The van der Waals surface area contributed by atoms with E-state index in [1.54, 1.807) is 11.9 Å². The number of nitrogens with one attached hydrogen (secondary N) is 1. The van der Waals surface area contributed by atoms with Gasteiger partial charge in [-0.3, -0.25) is 0 Å². The van der Waals surface area contributed by atoms with Gasteiger partial charge < -0.3 is 15.0 Å². The first-order valence-corrected chi connectivity index (χ1v) is 9.71. The molecule has 0 heterocycles. The zero-order chi connectivity index (χ0) is 20.3. The fourth-order valence-electron chi connectivity index (χ4n) is 2.92. The number of benzene rings is 3. The number of carbonyl (C=O) groups is 1. The maximum Gasteiger partial charge on any atom is 0.317 e. The van der Waals surface area contributed by atoms with E-state index >= 15 is 0 Å². The maximum absolute atomic E-state index is 12.1. The summed E-state index contributed by atoms with van der Waals surface area (Å²) < 4.78 is 5.84. The molecular formula is C25H26N2O2. The van der Waals surface area contributed by atoms with Gasteiger partial charge in [0.1, 0.15) is 12.4 Å². The van der Waals surface area contributed by atoms with E-state index in [1.807, 2.05) is 72.8 Å². The summed E-state index contributed by atoms with van der Waals surface area (Å²) in [6.45, 7) is 1.48. The van der Waals surface area contributed by atoms with Crippen LogP contribution in [0.1, 0.15) is 16.7 Å². The summed E-state index contributed by atoms with van der Waals surface area (Å²) in [4.78, 5) is 13.9. The third-order valence-electron chi connectivity index (χ3n) is 4.50. The zero-order valence-corrected chi connectivity index (χ0v) is 16.6. The van der Waals surface area contributed by atoms with Crippen LogP contribution in [0.3, 0.4) is 0 Å². The molecular weight excluding hydrogens is 360 g/mol. The summed E-state index contributed by atoms with van der Waals surface area (Å²) in [5, 5.41) is 2.69. The van der Waals surface area contributed by atoms with E-state index in [-0.39, 0.29) is 6.03 Å². The molecule has 3 rings (SSSR count). The lowest BCUT2D eigenvalue weighted by Gasteiger charge is -2.22. The second-order valence-corrected chi connectivity index (χ2v) is 6.62. The number of amides is 2. The highest BCUT2D eigenvalue weighted by molar-refractivity contribution is 5.73. The fraction of sp³-hybridized carbons (Fsp3) is 0.160. The molecule has 1 N–H and O–H groups in total. The van der Waals surface area contributed by atoms with Crippen LogP contribution in [-0.4, -0.2) is 31.1 Å². The van der Waals surface area contributed by atoms with Gasteiger partial charge in [0.15, 0.2) is 0 Å². The van der Waals surface area contributed by atoms with Gasteiger partial charge in [-0.1, -0.05) is 84.9 Å². The lowest BCUT2D eigenvalue weighted by molar-refractivity contribution is 0.181. The van der Waals surface area contributed by atoms with Crippen molar-refractivity contribution in [3.05, 3.63) is 102 Å². The summed E-state index contributed by atoms with van der Waals surface area (Å²) in [6.07, 6.45) is 4.16. The number of nitrogens with zero attached hydrogens (tertiary/aromatic N) is 1. The van der Waals surface area contributed by atoms with E-state index in [0.29, 0.717) is 19.7 Å². The van der Waals surface area contributed by atoms with Gasteiger partial charge in [-0.2, -0.15) is 0 Å². The highest BCUT2D eigenvalue weighted by atomic mass is 16.5. The zero-order valence-electron chi connectivity index (χ0n) is 16.6. The topological polar surface area (TPSA) is 41.6 Å². The molecule has 0 fully saturated rings. The van der Waals surface area contributed by atoms with Gasteiger partial charge in [-0.25, -0.2) is 4.79 Å². The molecule has 0 bridgehead atoms. The van der Waals surface area contributed by atoms with Crippen molar-refractivity contribution < 1.29 is 9.53 Å². The van der Waals surface area contributed by atoms with E-state index in [1.165, 1.54) is 5.56 Å². The molecule has 148 valence electrons. The average molecular weight is 386 g/mol. The minimum atomic E-state index is -0.112. The molecule has 0 atom stereocenters. The van der Waals surface area contributed by atoms with Crippen molar-refractivity contribution in [1.82, 2.24) is 10.2 Å². The van der Waals surface area contributed by atoms with Crippen molar-refractivity contribution in [2.75, 3.05) is 20.2 Å². The molecule has 0 unspecified atom stereocenters. The second kappa shape index (κ2) is 10.7. The lowest BCUT2D eigenvalue weighted by Crippen LogP contribution is -2.40. The number of rotatable bonds is 8. The number of carbonyl (C=O) groups excluding carboxylic acids is 1. The first kappa shape index (κ1) is 20.2. The number of ether oxygens (including phenoxy) is 1. The Morgan fingerprint density at radius 2 is 1.45 bits per heavy atom. The molecule has 0 aliphatic rings. The summed E-state index contributed by atoms with van der Waals surface area (Å²) in [5.74, 6) is 0.790. The summed E-state index contributed by atoms with van der Waals surface area (Å²) >= 11 is 0. The molecule has 3 aromatic rings. The Bertz CT molecular complexity index is 907. The largest absolute Gasteiger partial charge is 0.492 e. The molecule has 29 heavy (non-hydrogen) atoms. The van der Waals surface area contributed by atoms with Crippen molar-refractivity contribution in [2.45, 2.75) is 6.54 Å². The summed E-state index contributed by atoms with van der Waals surface area (Å²) in [7, 11) is 1.64. The predicted octanol–water partition coefficient (Wildman–Crippen LogP) is 5.08. The normalized spacial score (nSPS) is 10.7. The van der Waals surface area contributed by atoms with E-state index in [4.69, 9.17) is 4.74 Å². The Hall–Kier alpha value is -3.53.